The van der Waals surface area contributed by atoms with Crippen molar-refractivity contribution in [1.82, 2.24) is 0 Å². The van der Waals surface area contributed by atoms with Crippen molar-refractivity contribution in [3.8, 4) is 0 Å². The third-order valence-electron chi connectivity index (χ3n) is 5.60. The molecule has 3 heteroatoms. The number of hydrogen-bond acceptors (Lipinski definition) is 1. The molecule has 2 bridgehead atoms. The molecule has 1 aromatic rings. The van der Waals surface area contributed by atoms with Gasteiger partial charge in [0.2, 0.25) is 0 Å². The van der Waals surface area contributed by atoms with Gasteiger partial charge in [-0.1, -0.05) is 56.4 Å². The van der Waals surface area contributed by atoms with Gasteiger partial charge in [-0.3, -0.25) is 0 Å². The zero-order valence-electron chi connectivity index (χ0n) is 13.9. The lowest BCUT2D eigenvalue weighted by atomic mass is 9.50. The number of rotatable bonds is 2. The Morgan fingerprint density at radius 1 is 1.18 bits per heavy atom. The fourth-order valence-electron chi connectivity index (χ4n) is 5.11. The molecule has 2 fully saturated rings. The topological polar surface area (TPSA) is 26.0 Å². The molecule has 0 heterocycles. The smallest absolute Gasteiger partial charge is 0.0787 e. The third kappa shape index (κ3) is 3.33. The molecule has 1 nitrogen and oxygen atoms in total. The molecule has 122 valence electrons. The van der Waals surface area contributed by atoms with Crippen LogP contribution in [0, 0.1) is 17.3 Å². The molecule has 4 unspecified atom stereocenters. The lowest BCUT2D eigenvalue weighted by Crippen LogP contribution is -2.50. The van der Waals surface area contributed by atoms with Gasteiger partial charge in [-0.05, 0) is 54.9 Å². The number of benzene rings is 1. The minimum absolute atomic E-state index is 0.0359. The molecule has 0 aromatic heterocycles. The van der Waals surface area contributed by atoms with E-state index in [0.717, 1.165) is 23.2 Å². The maximum Gasteiger partial charge on any atom is 0.0787 e. The summed E-state index contributed by atoms with van der Waals surface area (Å²) < 4.78 is 0. The summed E-state index contributed by atoms with van der Waals surface area (Å²) in [6, 6.07) is 11.1. The molecule has 0 radical (unpaired) electrons. The molecule has 2 aliphatic rings. The summed E-state index contributed by atoms with van der Waals surface area (Å²) >= 11 is 10.1. The Labute approximate surface area is 145 Å². The molecule has 0 saturated heterocycles. The summed E-state index contributed by atoms with van der Waals surface area (Å²) in [5.74, 6) is 1.59. The summed E-state index contributed by atoms with van der Waals surface area (Å²) in [6.07, 6.45) is 7.72. The van der Waals surface area contributed by atoms with Gasteiger partial charge in [0.25, 0.3) is 0 Å². The van der Waals surface area contributed by atoms with Crippen molar-refractivity contribution in [2.75, 3.05) is 6.38 Å². The summed E-state index contributed by atoms with van der Waals surface area (Å²) in [5, 5.41) is 0. The highest BCUT2D eigenvalue weighted by molar-refractivity contribution is 7.80. The Kier molecular flexibility index (Phi) is 5.55. The second-order valence-electron chi connectivity index (χ2n) is 7.57. The molecule has 3 rings (SSSR count). The van der Waals surface area contributed by atoms with Gasteiger partial charge in [0.15, 0.2) is 0 Å². The Morgan fingerprint density at radius 2 is 1.82 bits per heavy atom. The van der Waals surface area contributed by atoms with Gasteiger partial charge in [0, 0.05) is 11.8 Å². The predicted octanol–water partition coefficient (Wildman–Crippen LogP) is 5.30. The van der Waals surface area contributed by atoms with Crippen molar-refractivity contribution < 1.29 is 0 Å². The zero-order valence-corrected chi connectivity index (χ0v) is 15.5. The molecule has 1 aromatic carbocycles. The highest BCUT2D eigenvalue weighted by Gasteiger charge is 2.51. The molecule has 0 aliphatic heterocycles. The molecule has 0 spiro atoms. The first-order valence-electron chi connectivity index (χ1n) is 8.17. The number of fused-ring (bicyclic) bond motifs is 2. The average Bonchev–Trinajstić information content (AvgIpc) is 2.48. The summed E-state index contributed by atoms with van der Waals surface area (Å²) in [4.78, 5) is 0.719. The van der Waals surface area contributed by atoms with Crippen molar-refractivity contribution in [2.24, 2.45) is 23.0 Å². The van der Waals surface area contributed by atoms with E-state index in [1.165, 1.54) is 37.6 Å². The van der Waals surface area contributed by atoms with Crippen LogP contribution >= 0.6 is 23.8 Å². The summed E-state index contributed by atoms with van der Waals surface area (Å²) in [7, 11) is 0. The molecule has 0 amide bonds. The van der Waals surface area contributed by atoms with Crippen molar-refractivity contribution in [3.63, 3.8) is 0 Å². The van der Waals surface area contributed by atoms with Crippen LogP contribution in [0.4, 0.5) is 0 Å². The highest BCUT2D eigenvalue weighted by Crippen LogP contribution is 2.57. The van der Waals surface area contributed by atoms with E-state index in [-0.39, 0.29) is 5.41 Å². The van der Waals surface area contributed by atoms with Crippen LogP contribution in [0.3, 0.4) is 0 Å². The Balaban J connectivity index is 0.000000847. The maximum absolute atomic E-state index is 6.11. The highest BCUT2D eigenvalue weighted by atomic mass is 35.5. The fourth-order valence-corrected chi connectivity index (χ4v) is 5.27. The third-order valence-corrected chi connectivity index (χ3v) is 6.10. The van der Waals surface area contributed by atoms with Crippen LogP contribution in [0.25, 0.3) is 0 Å². The van der Waals surface area contributed by atoms with E-state index < -0.39 is 0 Å². The fraction of sp³-hybridized carbons (Fsp3) is 0.632. The van der Waals surface area contributed by atoms with Gasteiger partial charge >= 0.3 is 0 Å². The van der Waals surface area contributed by atoms with Gasteiger partial charge < -0.3 is 5.73 Å². The largest absolute Gasteiger partial charge is 0.393 e. The van der Waals surface area contributed by atoms with Crippen LogP contribution in [-0.2, 0) is 5.41 Å². The van der Waals surface area contributed by atoms with E-state index in [1.54, 1.807) is 0 Å². The summed E-state index contributed by atoms with van der Waals surface area (Å²) in [6.45, 7) is 4.70. The lowest BCUT2D eigenvalue weighted by Gasteiger charge is -2.54. The SMILES string of the molecule is CC1CC2CC(C)(C(N)=S)CC(c3ccccc3)(C1)C2.CCl. The maximum atomic E-state index is 6.11. The van der Waals surface area contributed by atoms with Crippen LogP contribution in [0.15, 0.2) is 30.3 Å². The Hall–Kier alpha value is -0.600. The number of nitrogens with two attached hydrogens (primary N) is 1. The monoisotopic (exact) mass is 337 g/mol. The predicted molar refractivity (Wildman–Crippen MR) is 101 cm³/mol. The van der Waals surface area contributed by atoms with Crippen molar-refractivity contribution >= 4 is 28.8 Å². The van der Waals surface area contributed by atoms with Gasteiger partial charge in [0.05, 0.1) is 4.99 Å². The Bertz CT molecular complexity index is 513. The minimum Gasteiger partial charge on any atom is -0.393 e. The summed E-state index contributed by atoms with van der Waals surface area (Å²) in [5.41, 5.74) is 7.93. The van der Waals surface area contributed by atoms with E-state index in [9.17, 15) is 0 Å². The number of thiocarbonyl (C=S) groups is 1. The lowest BCUT2D eigenvalue weighted by molar-refractivity contribution is 0.0549. The van der Waals surface area contributed by atoms with Crippen molar-refractivity contribution in [3.05, 3.63) is 35.9 Å². The van der Waals surface area contributed by atoms with Gasteiger partial charge in [-0.25, -0.2) is 0 Å². The first kappa shape index (κ1) is 17.7. The second-order valence-corrected chi connectivity index (χ2v) is 8.01. The van der Waals surface area contributed by atoms with E-state index in [1.807, 2.05) is 0 Å². The van der Waals surface area contributed by atoms with E-state index in [0.29, 0.717) is 5.41 Å². The van der Waals surface area contributed by atoms with E-state index >= 15 is 0 Å². The van der Waals surface area contributed by atoms with Crippen LogP contribution in [-0.4, -0.2) is 11.4 Å². The minimum atomic E-state index is 0.0359. The average molecular weight is 338 g/mol. The standard InChI is InChI=1S/C18H25NS.CH3Cl/c1-13-8-14-10-17(2,16(19)20)12-18(9-13,11-14)15-6-4-3-5-7-15;1-2/h3-7,13-14H,8-12H2,1-2H3,(H2,19,20);1H3. The molecule has 2 aliphatic carbocycles. The van der Waals surface area contributed by atoms with Gasteiger partial charge in [-0.2, -0.15) is 0 Å². The van der Waals surface area contributed by atoms with E-state index in [4.69, 9.17) is 18.0 Å². The molecule has 2 N–H and O–H groups in total. The molecule has 22 heavy (non-hydrogen) atoms. The first-order valence-corrected chi connectivity index (χ1v) is 9.33. The quantitative estimate of drug-likeness (QED) is 0.585. The molecular weight excluding hydrogens is 310 g/mol. The van der Waals surface area contributed by atoms with Crippen LogP contribution in [0.5, 0.6) is 0 Å². The van der Waals surface area contributed by atoms with Gasteiger partial charge in [0.1, 0.15) is 0 Å². The normalized spacial score (nSPS) is 36.9. The molecule has 2 saturated carbocycles. The second kappa shape index (κ2) is 6.88. The zero-order chi connectivity index (χ0) is 16.4. The van der Waals surface area contributed by atoms with E-state index in [2.05, 4.69) is 55.8 Å². The van der Waals surface area contributed by atoms with Crippen LogP contribution < -0.4 is 5.73 Å². The van der Waals surface area contributed by atoms with Crippen molar-refractivity contribution in [2.45, 2.75) is 51.4 Å². The Morgan fingerprint density at radius 3 is 2.41 bits per heavy atom. The van der Waals surface area contributed by atoms with Crippen LogP contribution in [0.1, 0.15) is 51.5 Å². The first-order chi connectivity index (χ1) is 10.4. The van der Waals surface area contributed by atoms with Gasteiger partial charge in [-0.15, -0.1) is 11.6 Å². The molecule has 4 atom stereocenters. The van der Waals surface area contributed by atoms with Crippen molar-refractivity contribution in [1.29, 1.82) is 0 Å². The number of alkyl halides is 1. The number of halogens is 1. The molecular formula is C19H28ClNS. The van der Waals surface area contributed by atoms with Crippen LogP contribution in [0.2, 0.25) is 0 Å². The number of hydrogen-bond donors (Lipinski definition) is 1.